The van der Waals surface area contributed by atoms with Crippen molar-refractivity contribution in [2.24, 2.45) is 5.41 Å². The van der Waals surface area contributed by atoms with Crippen LogP contribution < -0.4 is 10.6 Å². The standard InChI is InChI=1S/C18H26N2O/c1-18(2)10-7-13(8-11-18)20-17(21)15-9-12-19-16-6-4-3-5-14(15)16/h3-6,13,15,19H,7-12H2,1-2H3,(H,20,21). The number of hydrogen-bond donors (Lipinski definition) is 2. The highest BCUT2D eigenvalue weighted by Crippen LogP contribution is 2.36. The first-order valence-corrected chi connectivity index (χ1v) is 8.18. The normalized spacial score (nSPS) is 24.8. The lowest BCUT2D eigenvalue weighted by Gasteiger charge is -2.35. The van der Waals surface area contributed by atoms with Gasteiger partial charge in [0.15, 0.2) is 0 Å². The van der Waals surface area contributed by atoms with Gasteiger partial charge in [0, 0.05) is 18.3 Å². The fourth-order valence-electron chi connectivity index (χ4n) is 3.59. The van der Waals surface area contributed by atoms with Crippen molar-refractivity contribution in [2.45, 2.75) is 57.9 Å². The van der Waals surface area contributed by atoms with Crippen molar-refractivity contribution in [3.8, 4) is 0 Å². The average molecular weight is 286 g/mol. The second kappa shape index (κ2) is 5.70. The van der Waals surface area contributed by atoms with Crippen molar-refractivity contribution in [3.63, 3.8) is 0 Å². The first-order valence-electron chi connectivity index (χ1n) is 8.18. The van der Waals surface area contributed by atoms with Crippen LogP contribution in [0.4, 0.5) is 5.69 Å². The lowest BCUT2D eigenvalue weighted by Crippen LogP contribution is -2.42. The molecule has 0 bridgehead atoms. The second-order valence-electron chi connectivity index (χ2n) is 7.30. The first-order chi connectivity index (χ1) is 10.1. The Kier molecular flexibility index (Phi) is 3.92. The summed E-state index contributed by atoms with van der Waals surface area (Å²) in [4.78, 5) is 12.7. The molecule has 114 valence electrons. The molecule has 1 unspecified atom stereocenters. The largest absolute Gasteiger partial charge is 0.385 e. The summed E-state index contributed by atoms with van der Waals surface area (Å²) >= 11 is 0. The van der Waals surface area contributed by atoms with E-state index < -0.39 is 0 Å². The third-order valence-electron chi connectivity index (χ3n) is 5.09. The van der Waals surface area contributed by atoms with E-state index in [4.69, 9.17) is 0 Å². The summed E-state index contributed by atoms with van der Waals surface area (Å²) in [6.45, 7) is 5.54. The lowest BCUT2D eigenvalue weighted by atomic mass is 9.75. The number of fused-ring (bicyclic) bond motifs is 1. The van der Waals surface area contributed by atoms with Crippen molar-refractivity contribution in [2.75, 3.05) is 11.9 Å². The van der Waals surface area contributed by atoms with E-state index in [0.29, 0.717) is 11.5 Å². The number of benzene rings is 1. The molecule has 1 heterocycles. The maximum absolute atomic E-state index is 12.7. The molecule has 3 rings (SSSR count). The number of rotatable bonds is 2. The van der Waals surface area contributed by atoms with Crippen molar-refractivity contribution < 1.29 is 4.79 Å². The van der Waals surface area contributed by atoms with Crippen LogP contribution in [-0.4, -0.2) is 18.5 Å². The zero-order valence-electron chi connectivity index (χ0n) is 13.1. The van der Waals surface area contributed by atoms with E-state index in [9.17, 15) is 4.79 Å². The molecule has 21 heavy (non-hydrogen) atoms. The Morgan fingerprint density at radius 3 is 2.67 bits per heavy atom. The maximum atomic E-state index is 12.7. The van der Waals surface area contributed by atoms with Crippen LogP contribution in [0.3, 0.4) is 0 Å². The minimum Gasteiger partial charge on any atom is -0.385 e. The predicted octanol–water partition coefficient (Wildman–Crippen LogP) is 3.67. The van der Waals surface area contributed by atoms with Crippen molar-refractivity contribution >= 4 is 11.6 Å². The zero-order chi connectivity index (χ0) is 14.9. The van der Waals surface area contributed by atoms with Gasteiger partial charge in [-0.2, -0.15) is 0 Å². The van der Waals surface area contributed by atoms with Gasteiger partial charge in [0.25, 0.3) is 0 Å². The van der Waals surface area contributed by atoms with Gasteiger partial charge in [0.05, 0.1) is 5.92 Å². The van der Waals surface area contributed by atoms with Crippen LogP contribution in [0, 0.1) is 5.41 Å². The minimum atomic E-state index is 0.0115. The van der Waals surface area contributed by atoms with Crippen LogP contribution in [0.1, 0.15) is 57.4 Å². The molecule has 0 radical (unpaired) electrons. The van der Waals surface area contributed by atoms with E-state index in [-0.39, 0.29) is 11.8 Å². The number of amides is 1. The molecule has 2 aliphatic rings. The molecule has 1 atom stereocenters. The quantitative estimate of drug-likeness (QED) is 0.871. The van der Waals surface area contributed by atoms with E-state index in [2.05, 4.69) is 36.6 Å². The van der Waals surface area contributed by atoms with E-state index >= 15 is 0 Å². The van der Waals surface area contributed by atoms with Gasteiger partial charge in [-0.25, -0.2) is 0 Å². The summed E-state index contributed by atoms with van der Waals surface area (Å²) in [5.41, 5.74) is 2.72. The molecule has 1 aromatic rings. The molecular weight excluding hydrogens is 260 g/mol. The molecule has 1 amide bonds. The number of nitrogens with one attached hydrogen (secondary N) is 2. The summed E-state index contributed by atoms with van der Waals surface area (Å²) in [5.74, 6) is 0.228. The number of carbonyl (C=O) groups is 1. The Balaban J connectivity index is 1.64. The molecule has 3 nitrogen and oxygen atoms in total. The minimum absolute atomic E-state index is 0.0115. The van der Waals surface area contributed by atoms with Gasteiger partial charge in [-0.05, 0) is 49.1 Å². The van der Waals surface area contributed by atoms with Gasteiger partial charge in [0.1, 0.15) is 0 Å². The van der Waals surface area contributed by atoms with Crippen LogP contribution in [0.2, 0.25) is 0 Å². The monoisotopic (exact) mass is 286 g/mol. The van der Waals surface area contributed by atoms with E-state index in [1.54, 1.807) is 0 Å². The van der Waals surface area contributed by atoms with E-state index in [0.717, 1.165) is 37.1 Å². The fraction of sp³-hybridized carbons (Fsp3) is 0.611. The molecule has 0 spiro atoms. The Hall–Kier alpha value is -1.51. The number of carbonyl (C=O) groups excluding carboxylic acids is 1. The number of para-hydroxylation sites is 1. The summed E-state index contributed by atoms with van der Waals surface area (Å²) in [6, 6.07) is 8.56. The molecule has 0 saturated heterocycles. The Labute approximate surface area is 127 Å². The number of hydrogen-bond acceptors (Lipinski definition) is 2. The molecule has 1 aliphatic heterocycles. The van der Waals surface area contributed by atoms with Crippen molar-refractivity contribution in [3.05, 3.63) is 29.8 Å². The van der Waals surface area contributed by atoms with Gasteiger partial charge < -0.3 is 10.6 Å². The predicted molar refractivity (Wildman–Crippen MR) is 86.5 cm³/mol. The van der Waals surface area contributed by atoms with Gasteiger partial charge in [0.2, 0.25) is 5.91 Å². The van der Waals surface area contributed by atoms with Crippen molar-refractivity contribution in [1.82, 2.24) is 5.32 Å². The third-order valence-corrected chi connectivity index (χ3v) is 5.09. The van der Waals surface area contributed by atoms with E-state index in [1.807, 2.05) is 12.1 Å². The Morgan fingerprint density at radius 2 is 1.90 bits per heavy atom. The molecule has 0 aromatic heterocycles. The van der Waals surface area contributed by atoms with Crippen LogP contribution in [0.5, 0.6) is 0 Å². The Bertz CT molecular complexity index is 514. The highest BCUT2D eigenvalue weighted by atomic mass is 16.1. The highest BCUT2D eigenvalue weighted by molar-refractivity contribution is 5.86. The summed E-state index contributed by atoms with van der Waals surface area (Å²) in [6.07, 6.45) is 5.54. The molecule has 1 saturated carbocycles. The van der Waals surface area contributed by atoms with Gasteiger partial charge >= 0.3 is 0 Å². The average Bonchev–Trinajstić information content (AvgIpc) is 2.49. The van der Waals surface area contributed by atoms with Crippen molar-refractivity contribution in [1.29, 1.82) is 0 Å². The molecule has 3 heteroatoms. The van der Waals surface area contributed by atoms with Crippen LogP contribution in [0.15, 0.2) is 24.3 Å². The summed E-state index contributed by atoms with van der Waals surface area (Å²) in [5, 5.41) is 6.68. The van der Waals surface area contributed by atoms with E-state index in [1.165, 1.54) is 12.8 Å². The van der Waals surface area contributed by atoms with Crippen LogP contribution in [0.25, 0.3) is 0 Å². The summed E-state index contributed by atoms with van der Waals surface area (Å²) in [7, 11) is 0. The van der Waals surface area contributed by atoms with Crippen LogP contribution >= 0.6 is 0 Å². The molecule has 2 N–H and O–H groups in total. The second-order valence-corrected chi connectivity index (χ2v) is 7.30. The lowest BCUT2D eigenvalue weighted by molar-refractivity contribution is -0.123. The molecule has 1 aliphatic carbocycles. The van der Waals surface area contributed by atoms with Gasteiger partial charge in [-0.15, -0.1) is 0 Å². The summed E-state index contributed by atoms with van der Waals surface area (Å²) < 4.78 is 0. The van der Waals surface area contributed by atoms with Crippen LogP contribution in [-0.2, 0) is 4.79 Å². The fourth-order valence-corrected chi connectivity index (χ4v) is 3.59. The Morgan fingerprint density at radius 1 is 1.19 bits per heavy atom. The third kappa shape index (κ3) is 3.22. The molecule has 1 fully saturated rings. The number of anilines is 1. The SMILES string of the molecule is CC1(C)CCC(NC(=O)C2CCNc3ccccc32)CC1. The topological polar surface area (TPSA) is 41.1 Å². The van der Waals surface area contributed by atoms with Gasteiger partial charge in [-0.1, -0.05) is 32.0 Å². The molecule has 1 aromatic carbocycles. The highest BCUT2D eigenvalue weighted by Gasteiger charge is 2.31. The first kappa shape index (κ1) is 14.4. The molecular formula is C18H26N2O. The van der Waals surface area contributed by atoms with Gasteiger partial charge in [-0.3, -0.25) is 4.79 Å². The smallest absolute Gasteiger partial charge is 0.227 e. The maximum Gasteiger partial charge on any atom is 0.227 e. The zero-order valence-corrected chi connectivity index (χ0v) is 13.1.